The summed E-state index contributed by atoms with van der Waals surface area (Å²) in [6, 6.07) is 0. The summed E-state index contributed by atoms with van der Waals surface area (Å²) in [4.78, 5) is 0. The highest BCUT2D eigenvalue weighted by Crippen LogP contribution is 2.30. The molecule has 0 aromatic heterocycles. The van der Waals surface area contributed by atoms with E-state index < -0.39 is 0 Å². The highest BCUT2D eigenvalue weighted by molar-refractivity contribution is 4.83. The highest BCUT2D eigenvalue weighted by Gasteiger charge is 2.24. The van der Waals surface area contributed by atoms with Gasteiger partial charge >= 0.3 is 0 Å². The zero-order valence-corrected chi connectivity index (χ0v) is 10.1. The molecule has 0 fully saturated rings. The fraction of sp³-hybridized carbons (Fsp3) is 1.00. The van der Waals surface area contributed by atoms with Gasteiger partial charge < -0.3 is 5.73 Å². The molecule has 0 atom stereocenters. The van der Waals surface area contributed by atoms with Crippen LogP contribution in [0.1, 0.15) is 66.7 Å². The Bertz CT molecular complexity index is 134. The first kappa shape index (κ1) is 13.0. The van der Waals surface area contributed by atoms with E-state index in [4.69, 9.17) is 5.73 Å². The van der Waals surface area contributed by atoms with Gasteiger partial charge in [0.25, 0.3) is 0 Å². The quantitative estimate of drug-likeness (QED) is 0.670. The Balaban J connectivity index is 3.99. The van der Waals surface area contributed by atoms with E-state index in [0.29, 0.717) is 5.41 Å². The molecule has 2 N–H and O–H groups in total. The summed E-state index contributed by atoms with van der Waals surface area (Å²) >= 11 is 0. The first-order valence-corrected chi connectivity index (χ1v) is 5.68. The largest absolute Gasteiger partial charge is 0.325 e. The van der Waals surface area contributed by atoms with E-state index in [1.807, 2.05) is 0 Å². The normalized spacial score (nSPS) is 13.4. The Kier molecular flexibility index (Phi) is 4.98. The monoisotopic (exact) mass is 185 g/mol. The predicted molar refractivity (Wildman–Crippen MR) is 60.8 cm³/mol. The number of hydrogen-bond donors (Lipinski definition) is 1. The van der Waals surface area contributed by atoms with Crippen LogP contribution in [0.5, 0.6) is 0 Å². The molecule has 0 bridgehead atoms. The average molecular weight is 185 g/mol. The second-order valence-corrected chi connectivity index (χ2v) is 5.09. The summed E-state index contributed by atoms with van der Waals surface area (Å²) in [6.07, 6.45) is 5.87. The SMILES string of the molecule is CCC(C)(C)CCC(N)(CC)CC. The van der Waals surface area contributed by atoms with Crippen LogP contribution in [0.15, 0.2) is 0 Å². The van der Waals surface area contributed by atoms with Crippen LogP contribution in [0.25, 0.3) is 0 Å². The first-order valence-electron chi connectivity index (χ1n) is 5.68. The predicted octanol–water partition coefficient (Wildman–Crippen LogP) is 3.72. The molecule has 1 nitrogen and oxygen atoms in total. The average Bonchev–Trinajstić information content (AvgIpc) is 2.14. The second kappa shape index (κ2) is 4.99. The molecule has 0 amide bonds. The minimum Gasteiger partial charge on any atom is -0.325 e. The fourth-order valence-electron chi connectivity index (χ4n) is 1.37. The lowest BCUT2D eigenvalue weighted by atomic mass is 9.78. The third-order valence-electron chi connectivity index (χ3n) is 3.67. The van der Waals surface area contributed by atoms with Crippen LogP contribution in [0.4, 0.5) is 0 Å². The van der Waals surface area contributed by atoms with E-state index in [1.54, 1.807) is 0 Å². The van der Waals surface area contributed by atoms with Crippen molar-refractivity contribution in [2.75, 3.05) is 0 Å². The Labute approximate surface area is 84.1 Å². The van der Waals surface area contributed by atoms with Crippen molar-refractivity contribution in [3.63, 3.8) is 0 Å². The number of rotatable bonds is 6. The molecule has 0 radical (unpaired) electrons. The van der Waals surface area contributed by atoms with Gasteiger partial charge in [0.2, 0.25) is 0 Å². The van der Waals surface area contributed by atoms with Crippen molar-refractivity contribution < 1.29 is 0 Å². The molecule has 80 valence electrons. The molecule has 0 saturated carbocycles. The van der Waals surface area contributed by atoms with Gasteiger partial charge in [0, 0.05) is 5.54 Å². The smallest absolute Gasteiger partial charge is 0.0149 e. The zero-order chi connectivity index (χ0) is 10.5. The molecule has 0 unspecified atom stereocenters. The van der Waals surface area contributed by atoms with Gasteiger partial charge in [-0.05, 0) is 31.1 Å². The molecule has 0 aliphatic carbocycles. The molecular formula is C12H27N. The Morgan fingerprint density at radius 1 is 0.846 bits per heavy atom. The summed E-state index contributed by atoms with van der Waals surface area (Å²) in [7, 11) is 0. The molecule has 0 rings (SSSR count). The molecule has 0 spiro atoms. The Hall–Kier alpha value is -0.0400. The maximum atomic E-state index is 6.26. The van der Waals surface area contributed by atoms with Crippen LogP contribution < -0.4 is 5.73 Å². The van der Waals surface area contributed by atoms with Crippen LogP contribution in [0.2, 0.25) is 0 Å². The van der Waals surface area contributed by atoms with E-state index in [1.165, 1.54) is 19.3 Å². The second-order valence-electron chi connectivity index (χ2n) is 5.09. The minimum atomic E-state index is 0.0897. The van der Waals surface area contributed by atoms with Crippen molar-refractivity contribution in [2.24, 2.45) is 11.1 Å². The van der Waals surface area contributed by atoms with Crippen molar-refractivity contribution in [1.82, 2.24) is 0 Å². The van der Waals surface area contributed by atoms with Crippen molar-refractivity contribution in [1.29, 1.82) is 0 Å². The standard InChI is InChI=1S/C12H27N/c1-6-11(4,5)9-10-12(13,7-2)8-3/h6-10,13H2,1-5H3. The molecule has 0 aromatic rings. The van der Waals surface area contributed by atoms with Crippen LogP contribution in [-0.2, 0) is 0 Å². The molecule has 0 heterocycles. The lowest BCUT2D eigenvalue weighted by molar-refractivity contribution is 0.253. The molecule has 13 heavy (non-hydrogen) atoms. The number of hydrogen-bond acceptors (Lipinski definition) is 1. The van der Waals surface area contributed by atoms with Gasteiger partial charge in [-0.25, -0.2) is 0 Å². The lowest BCUT2D eigenvalue weighted by Crippen LogP contribution is -2.39. The third-order valence-corrected chi connectivity index (χ3v) is 3.67. The van der Waals surface area contributed by atoms with Crippen LogP contribution in [0, 0.1) is 5.41 Å². The van der Waals surface area contributed by atoms with Crippen molar-refractivity contribution >= 4 is 0 Å². The van der Waals surface area contributed by atoms with Gasteiger partial charge in [0.1, 0.15) is 0 Å². The maximum absolute atomic E-state index is 6.26. The minimum absolute atomic E-state index is 0.0897. The van der Waals surface area contributed by atoms with Crippen molar-refractivity contribution in [2.45, 2.75) is 72.3 Å². The van der Waals surface area contributed by atoms with Crippen LogP contribution in [-0.4, -0.2) is 5.54 Å². The molecular weight excluding hydrogens is 158 g/mol. The van der Waals surface area contributed by atoms with Gasteiger partial charge in [-0.15, -0.1) is 0 Å². The van der Waals surface area contributed by atoms with E-state index in [0.717, 1.165) is 12.8 Å². The topological polar surface area (TPSA) is 26.0 Å². The summed E-state index contributed by atoms with van der Waals surface area (Å²) < 4.78 is 0. The molecule has 1 heteroatoms. The number of nitrogens with two attached hydrogens (primary N) is 1. The van der Waals surface area contributed by atoms with Crippen LogP contribution >= 0.6 is 0 Å². The van der Waals surface area contributed by atoms with Crippen LogP contribution in [0.3, 0.4) is 0 Å². The van der Waals surface area contributed by atoms with Gasteiger partial charge in [-0.2, -0.15) is 0 Å². The fourth-order valence-corrected chi connectivity index (χ4v) is 1.37. The summed E-state index contributed by atoms with van der Waals surface area (Å²) in [5.74, 6) is 0. The highest BCUT2D eigenvalue weighted by atomic mass is 14.7. The summed E-state index contributed by atoms with van der Waals surface area (Å²) in [6.45, 7) is 11.3. The van der Waals surface area contributed by atoms with Crippen molar-refractivity contribution in [3.05, 3.63) is 0 Å². The van der Waals surface area contributed by atoms with Gasteiger partial charge in [-0.1, -0.05) is 41.0 Å². The summed E-state index contributed by atoms with van der Waals surface area (Å²) in [5, 5.41) is 0. The molecule has 0 aliphatic heterocycles. The molecule has 0 aromatic carbocycles. The Morgan fingerprint density at radius 2 is 1.31 bits per heavy atom. The van der Waals surface area contributed by atoms with E-state index >= 15 is 0 Å². The summed E-state index contributed by atoms with van der Waals surface area (Å²) in [5.41, 5.74) is 6.82. The lowest BCUT2D eigenvalue weighted by Gasteiger charge is -2.31. The van der Waals surface area contributed by atoms with E-state index in [9.17, 15) is 0 Å². The van der Waals surface area contributed by atoms with E-state index in [2.05, 4.69) is 34.6 Å². The van der Waals surface area contributed by atoms with Gasteiger partial charge in [0.05, 0.1) is 0 Å². The molecule has 0 aliphatic rings. The van der Waals surface area contributed by atoms with Crippen molar-refractivity contribution in [3.8, 4) is 0 Å². The van der Waals surface area contributed by atoms with Gasteiger partial charge in [0.15, 0.2) is 0 Å². The first-order chi connectivity index (χ1) is 5.89. The third kappa shape index (κ3) is 4.66. The Morgan fingerprint density at radius 3 is 1.62 bits per heavy atom. The van der Waals surface area contributed by atoms with E-state index in [-0.39, 0.29) is 5.54 Å². The zero-order valence-electron chi connectivity index (χ0n) is 10.1. The van der Waals surface area contributed by atoms with Gasteiger partial charge in [-0.3, -0.25) is 0 Å². The molecule has 0 saturated heterocycles. The maximum Gasteiger partial charge on any atom is 0.0149 e.